The van der Waals surface area contributed by atoms with Crippen molar-refractivity contribution in [1.82, 2.24) is 9.97 Å². The molecule has 2 rings (SSSR count). The van der Waals surface area contributed by atoms with E-state index in [1.165, 1.54) is 6.07 Å². The highest BCUT2D eigenvalue weighted by atomic mass is 35.6. The van der Waals surface area contributed by atoms with Crippen molar-refractivity contribution < 1.29 is 14.3 Å². The Morgan fingerprint density at radius 1 is 1.10 bits per heavy atom. The summed E-state index contributed by atoms with van der Waals surface area (Å²) in [5.41, 5.74) is 0.480. The molecule has 8 heteroatoms. The summed E-state index contributed by atoms with van der Waals surface area (Å²) < 4.78 is 8.10. The lowest BCUT2D eigenvalue weighted by atomic mass is 10.3. The number of carbonyl (C=O) groups excluding carboxylic acids is 1. The molecule has 2 aromatic rings. The Balaban J connectivity index is 2.12. The van der Waals surface area contributed by atoms with Crippen LogP contribution < -0.4 is 9.47 Å². The molecule has 1 aromatic heterocycles. The summed E-state index contributed by atoms with van der Waals surface area (Å²) >= 11 is 17.1. The molecule has 1 heterocycles. The zero-order valence-corrected chi connectivity index (χ0v) is 13.0. The number of rotatable bonds is 2. The van der Waals surface area contributed by atoms with E-state index in [0.717, 1.165) is 0 Å². The van der Waals surface area contributed by atoms with Crippen LogP contribution in [0.2, 0.25) is 0 Å². The molecule has 21 heavy (non-hydrogen) atoms. The van der Waals surface area contributed by atoms with Crippen molar-refractivity contribution in [2.24, 2.45) is 0 Å². The van der Waals surface area contributed by atoms with Crippen molar-refractivity contribution in [3.05, 3.63) is 47.9 Å². The van der Waals surface area contributed by atoms with Crippen LogP contribution in [0.25, 0.3) is 0 Å². The van der Waals surface area contributed by atoms with Gasteiger partial charge in [0.1, 0.15) is 5.75 Å². The van der Waals surface area contributed by atoms with Crippen LogP contribution in [0.3, 0.4) is 0 Å². The number of nitrogens with zero attached hydrogens (tertiary/aromatic N) is 2. The first-order valence-electron chi connectivity index (χ1n) is 5.72. The lowest BCUT2D eigenvalue weighted by Gasteiger charge is -2.11. The number of benzene rings is 1. The molecule has 110 valence electrons. The van der Waals surface area contributed by atoms with Crippen molar-refractivity contribution in [1.29, 1.82) is 0 Å². The molecule has 0 N–H and O–H groups in total. The zero-order chi connectivity index (χ0) is 15.5. The van der Waals surface area contributed by atoms with Gasteiger partial charge in [-0.25, -0.2) is 9.78 Å². The Hall–Kier alpha value is -1.56. The number of hydrogen-bond donors (Lipinski definition) is 0. The fraction of sp³-hybridized carbons (Fsp3) is 0.154. The van der Waals surface area contributed by atoms with Crippen molar-refractivity contribution in [2.45, 2.75) is 10.7 Å². The van der Waals surface area contributed by atoms with Crippen molar-refractivity contribution in [2.75, 3.05) is 0 Å². The SMILES string of the molecule is Cc1cc(OC(=O)Oc2ccccc2)nc(C(Cl)(Cl)Cl)n1. The monoisotopic (exact) mass is 346 g/mol. The molecular formula is C13H9Cl3N2O3. The van der Waals surface area contributed by atoms with Crippen LogP contribution >= 0.6 is 34.8 Å². The molecule has 0 saturated heterocycles. The molecule has 0 bridgehead atoms. The topological polar surface area (TPSA) is 61.3 Å². The molecule has 0 saturated carbocycles. The van der Waals surface area contributed by atoms with Crippen LogP contribution in [-0.4, -0.2) is 16.1 Å². The number of ether oxygens (including phenoxy) is 2. The lowest BCUT2D eigenvalue weighted by molar-refractivity contribution is 0.150. The van der Waals surface area contributed by atoms with E-state index in [4.69, 9.17) is 44.3 Å². The van der Waals surface area contributed by atoms with Gasteiger partial charge in [-0.15, -0.1) is 0 Å². The summed E-state index contributed by atoms with van der Waals surface area (Å²) in [7, 11) is 0. The standard InChI is InChI=1S/C13H9Cl3N2O3/c1-8-7-10(18-11(17-8)13(14,15)16)21-12(19)20-9-5-3-2-4-6-9/h2-7H,1H3. The summed E-state index contributed by atoms with van der Waals surface area (Å²) in [6.45, 7) is 1.65. The molecule has 1 aromatic carbocycles. The Kier molecular flexibility index (Phi) is 4.88. The molecule has 0 amide bonds. The first kappa shape index (κ1) is 15.8. The molecule has 5 nitrogen and oxygen atoms in total. The first-order valence-corrected chi connectivity index (χ1v) is 6.85. The summed E-state index contributed by atoms with van der Waals surface area (Å²) in [6, 6.07) is 9.88. The van der Waals surface area contributed by atoms with Crippen LogP contribution in [0, 0.1) is 6.92 Å². The lowest BCUT2D eigenvalue weighted by Crippen LogP contribution is -2.16. The fourth-order valence-electron chi connectivity index (χ4n) is 1.41. The van der Waals surface area contributed by atoms with Crippen LogP contribution in [0.4, 0.5) is 4.79 Å². The Labute approximate surface area is 135 Å². The van der Waals surface area contributed by atoms with Crippen LogP contribution in [0.1, 0.15) is 11.5 Å². The molecule has 0 aliphatic carbocycles. The normalized spacial score (nSPS) is 11.0. The summed E-state index contributed by atoms with van der Waals surface area (Å²) in [5, 5.41) is 0. The third-order valence-electron chi connectivity index (χ3n) is 2.22. The smallest absolute Gasteiger partial charge is 0.395 e. The quantitative estimate of drug-likeness (QED) is 0.463. The summed E-state index contributed by atoms with van der Waals surface area (Å²) in [6.07, 6.45) is -0.949. The molecule has 0 aliphatic heterocycles. The Morgan fingerprint density at radius 2 is 1.76 bits per heavy atom. The van der Waals surface area contributed by atoms with Gasteiger partial charge < -0.3 is 9.47 Å². The highest BCUT2D eigenvalue weighted by Gasteiger charge is 2.28. The average Bonchev–Trinajstić information content (AvgIpc) is 2.37. The Bertz CT molecular complexity index is 645. The fourth-order valence-corrected chi connectivity index (χ4v) is 1.66. The molecular weight excluding hydrogens is 339 g/mol. The van der Waals surface area contributed by atoms with Crippen LogP contribution in [0.5, 0.6) is 11.6 Å². The second kappa shape index (κ2) is 6.47. The van der Waals surface area contributed by atoms with Gasteiger partial charge in [0.2, 0.25) is 9.67 Å². The minimum atomic E-state index is -1.81. The number of halogens is 3. The van der Waals surface area contributed by atoms with E-state index in [-0.39, 0.29) is 11.7 Å². The average molecular weight is 348 g/mol. The zero-order valence-electron chi connectivity index (χ0n) is 10.7. The second-order valence-corrected chi connectivity index (χ2v) is 6.22. The van der Waals surface area contributed by atoms with Gasteiger partial charge >= 0.3 is 6.16 Å². The van der Waals surface area contributed by atoms with E-state index < -0.39 is 9.95 Å². The predicted octanol–water partition coefficient (Wildman–Crippen LogP) is 4.19. The summed E-state index contributed by atoms with van der Waals surface area (Å²) in [5.74, 6) is 0.189. The first-order chi connectivity index (χ1) is 9.84. The van der Waals surface area contributed by atoms with E-state index in [0.29, 0.717) is 11.4 Å². The van der Waals surface area contributed by atoms with Gasteiger partial charge in [0.05, 0.1) is 0 Å². The second-order valence-electron chi connectivity index (χ2n) is 3.94. The highest BCUT2D eigenvalue weighted by molar-refractivity contribution is 6.66. The highest BCUT2D eigenvalue weighted by Crippen LogP contribution is 2.36. The molecule has 0 fully saturated rings. The largest absolute Gasteiger partial charge is 0.520 e. The molecule has 0 atom stereocenters. The predicted molar refractivity (Wildman–Crippen MR) is 79.1 cm³/mol. The number of aromatic nitrogens is 2. The number of para-hydroxylation sites is 1. The van der Waals surface area contributed by atoms with E-state index in [2.05, 4.69) is 9.97 Å². The Morgan fingerprint density at radius 3 is 2.38 bits per heavy atom. The number of alkyl halides is 3. The third-order valence-corrected chi connectivity index (χ3v) is 2.72. The van der Waals surface area contributed by atoms with E-state index in [9.17, 15) is 4.79 Å². The van der Waals surface area contributed by atoms with Gasteiger partial charge in [-0.05, 0) is 19.1 Å². The summed E-state index contributed by atoms with van der Waals surface area (Å²) in [4.78, 5) is 19.5. The van der Waals surface area contributed by atoms with Gasteiger partial charge in [0.25, 0.3) is 0 Å². The maximum atomic E-state index is 11.7. The molecule has 0 radical (unpaired) electrons. The van der Waals surface area contributed by atoms with E-state index in [1.807, 2.05) is 0 Å². The molecule has 0 unspecified atom stereocenters. The minimum absolute atomic E-state index is 0.0650. The van der Waals surface area contributed by atoms with Crippen LogP contribution in [0.15, 0.2) is 36.4 Å². The van der Waals surface area contributed by atoms with Gasteiger partial charge in [-0.2, -0.15) is 4.98 Å². The number of aryl methyl sites for hydroxylation is 1. The maximum absolute atomic E-state index is 11.7. The van der Waals surface area contributed by atoms with Gasteiger partial charge in [-0.3, -0.25) is 0 Å². The van der Waals surface area contributed by atoms with Gasteiger partial charge in [-0.1, -0.05) is 53.0 Å². The third kappa shape index (κ3) is 4.74. The number of carbonyl (C=O) groups is 1. The van der Waals surface area contributed by atoms with E-state index in [1.54, 1.807) is 37.3 Å². The van der Waals surface area contributed by atoms with Gasteiger partial charge in [0, 0.05) is 11.8 Å². The van der Waals surface area contributed by atoms with Crippen molar-refractivity contribution >= 4 is 41.0 Å². The van der Waals surface area contributed by atoms with Gasteiger partial charge in [0.15, 0.2) is 5.82 Å². The molecule has 0 spiro atoms. The van der Waals surface area contributed by atoms with Crippen molar-refractivity contribution in [3.63, 3.8) is 0 Å². The maximum Gasteiger partial charge on any atom is 0.520 e. The number of hydrogen-bond acceptors (Lipinski definition) is 5. The van der Waals surface area contributed by atoms with Crippen molar-refractivity contribution in [3.8, 4) is 11.6 Å². The minimum Gasteiger partial charge on any atom is -0.395 e. The molecule has 0 aliphatic rings. The van der Waals surface area contributed by atoms with Crippen LogP contribution in [-0.2, 0) is 3.79 Å². The van der Waals surface area contributed by atoms with E-state index >= 15 is 0 Å².